The number of aromatic nitrogens is 2. The van der Waals surface area contributed by atoms with Gasteiger partial charge in [-0.3, -0.25) is 9.59 Å². The second-order valence-corrected chi connectivity index (χ2v) is 4.36. The minimum Gasteiger partial charge on any atom is -0.397 e. The van der Waals surface area contributed by atoms with Gasteiger partial charge in [-0.2, -0.15) is 0 Å². The maximum absolute atomic E-state index is 12.4. The molecule has 0 radical (unpaired) electrons. The number of nitrogen functional groups attached to an aromatic ring is 1. The van der Waals surface area contributed by atoms with E-state index in [4.69, 9.17) is 5.73 Å². The zero-order chi connectivity index (χ0) is 13.4. The lowest BCUT2D eigenvalue weighted by Gasteiger charge is -2.18. The highest BCUT2D eigenvalue weighted by Crippen LogP contribution is 2.34. The number of benzene rings is 1. The number of hydrogen-bond acceptors (Lipinski definition) is 4. The maximum atomic E-state index is 12.4. The van der Waals surface area contributed by atoms with E-state index in [-0.39, 0.29) is 17.2 Å². The van der Waals surface area contributed by atoms with Gasteiger partial charge in [-0.15, -0.1) is 0 Å². The normalized spacial score (nSPS) is 13.4. The van der Waals surface area contributed by atoms with Crippen molar-refractivity contribution >= 4 is 17.3 Å². The molecule has 96 valence electrons. The molecule has 2 heterocycles. The second-order valence-electron chi connectivity index (χ2n) is 4.36. The third-order valence-corrected chi connectivity index (χ3v) is 3.16. The van der Waals surface area contributed by atoms with E-state index in [1.54, 1.807) is 11.0 Å². The highest BCUT2D eigenvalue weighted by atomic mass is 16.2. The lowest BCUT2D eigenvalue weighted by Crippen LogP contribution is -2.30. The van der Waals surface area contributed by atoms with Crippen molar-refractivity contribution in [2.24, 2.45) is 0 Å². The van der Waals surface area contributed by atoms with E-state index in [0.717, 1.165) is 23.9 Å². The number of fused-ring (bicyclic) bond motifs is 1. The minimum absolute atomic E-state index is 0.204. The van der Waals surface area contributed by atoms with Crippen LogP contribution in [-0.4, -0.2) is 22.4 Å². The molecule has 3 rings (SSSR count). The number of nitrogens with zero attached hydrogens (tertiary/aromatic N) is 2. The van der Waals surface area contributed by atoms with Crippen molar-refractivity contribution in [3.63, 3.8) is 0 Å². The van der Waals surface area contributed by atoms with Crippen molar-refractivity contribution in [1.29, 1.82) is 0 Å². The van der Waals surface area contributed by atoms with Crippen LogP contribution >= 0.6 is 0 Å². The average Bonchev–Trinajstić information content (AvgIpc) is 2.84. The third kappa shape index (κ3) is 1.87. The van der Waals surface area contributed by atoms with Crippen LogP contribution in [0.1, 0.15) is 16.1 Å². The molecule has 1 aliphatic heterocycles. The highest BCUT2D eigenvalue weighted by molar-refractivity contribution is 6.07. The van der Waals surface area contributed by atoms with Gasteiger partial charge in [0.15, 0.2) is 0 Å². The average molecular weight is 256 g/mol. The SMILES string of the molecule is Nc1cccc2c1N(C(=O)c1c[nH]c(=O)cn1)CC2. The molecular weight excluding hydrogens is 244 g/mol. The monoisotopic (exact) mass is 256 g/mol. The number of carbonyl (C=O) groups is 1. The zero-order valence-corrected chi connectivity index (χ0v) is 10.1. The van der Waals surface area contributed by atoms with Crippen LogP contribution in [0.3, 0.4) is 0 Å². The molecule has 0 aliphatic carbocycles. The molecule has 0 bridgehead atoms. The second kappa shape index (κ2) is 4.24. The van der Waals surface area contributed by atoms with Crippen molar-refractivity contribution in [3.8, 4) is 0 Å². The summed E-state index contributed by atoms with van der Waals surface area (Å²) in [5.74, 6) is -0.257. The fraction of sp³-hybridized carbons (Fsp3) is 0.154. The van der Waals surface area contributed by atoms with E-state index in [0.29, 0.717) is 12.2 Å². The molecule has 1 aromatic heterocycles. The molecule has 6 heteroatoms. The Hall–Kier alpha value is -2.63. The van der Waals surface area contributed by atoms with Crippen LogP contribution in [0.25, 0.3) is 0 Å². The van der Waals surface area contributed by atoms with Crippen LogP contribution in [0.15, 0.2) is 35.4 Å². The number of hydrogen-bond donors (Lipinski definition) is 2. The molecule has 1 aliphatic rings. The molecule has 0 atom stereocenters. The summed E-state index contributed by atoms with van der Waals surface area (Å²) in [5.41, 5.74) is 8.18. The number of aromatic amines is 1. The predicted molar refractivity (Wildman–Crippen MR) is 71.1 cm³/mol. The van der Waals surface area contributed by atoms with E-state index in [2.05, 4.69) is 9.97 Å². The maximum Gasteiger partial charge on any atom is 0.278 e. The number of para-hydroxylation sites is 1. The number of anilines is 2. The largest absolute Gasteiger partial charge is 0.397 e. The van der Waals surface area contributed by atoms with E-state index < -0.39 is 0 Å². The van der Waals surface area contributed by atoms with Gasteiger partial charge in [-0.1, -0.05) is 12.1 Å². The van der Waals surface area contributed by atoms with Gasteiger partial charge < -0.3 is 15.6 Å². The Kier molecular flexibility index (Phi) is 2.56. The van der Waals surface area contributed by atoms with Crippen LogP contribution in [0.4, 0.5) is 11.4 Å². The van der Waals surface area contributed by atoms with Crippen LogP contribution < -0.4 is 16.2 Å². The number of H-pyrrole nitrogens is 1. The summed E-state index contributed by atoms with van der Waals surface area (Å²) in [6.45, 7) is 0.573. The summed E-state index contributed by atoms with van der Waals surface area (Å²) in [5, 5.41) is 0. The van der Waals surface area contributed by atoms with E-state index >= 15 is 0 Å². The summed E-state index contributed by atoms with van der Waals surface area (Å²) in [7, 11) is 0. The Morgan fingerprint density at radius 3 is 3.00 bits per heavy atom. The number of rotatable bonds is 1. The topological polar surface area (TPSA) is 92.1 Å². The first kappa shape index (κ1) is 11.5. The van der Waals surface area contributed by atoms with Gasteiger partial charge >= 0.3 is 0 Å². The first-order chi connectivity index (χ1) is 9.16. The first-order valence-electron chi connectivity index (χ1n) is 5.91. The standard InChI is InChI=1S/C13H12N4O2/c14-9-3-1-2-8-4-5-17(12(8)9)13(19)10-6-16-11(18)7-15-10/h1-3,6-7H,4-5,14H2,(H,16,18). The molecule has 2 aromatic rings. The number of carbonyl (C=O) groups excluding carboxylic acids is 1. The van der Waals surface area contributed by atoms with Crippen LogP contribution in [-0.2, 0) is 6.42 Å². The van der Waals surface area contributed by atoms with Gasteiger partial charge in [0, 0.05) is 12.7 Å². The van der Waals surface area contributed by atoms with Crippen molar-refractivity contribution in [3.05, 3.63) is 52.2 Å². The Bertz CT molecular complexity index is 688. The Morgan fingerprint density at radius 1 is 1.42 bits per heavy atom. The molecule has 0 saturated carbocycles. The van der Waals surface area contributed by atoms with Crippen LogP contribution in [0.2, 0.25) is 0 Å². The van der Waals surface area contributed by atoms with E-state index in [9.17, 15) is 9.59 Å². The molecule has 6 nitrogen and oxygen atoms in total. The number of nitrogens with two attached hydrogens (primary N) is 1. The van der Waals surface area contributed by atoms with Gasteiger partial charge in [-0.25, -0.2) is 4.98 Å². The summed E-state index contributed by atoms with van der Waals surface area (Å²) >= 11 is 0. The molecule has 0 spiro atoms. The van der Waals surface area contributed by atoms with Gasteiger partial charge in [0.2, 0.25) is 0 Å². The molecule has 0 unspecified atom stereocenters. The van der Waals surface area contributed by atoms with Gasteiger partial charge in [0.05, 0.1) is 17.6 Å². The number of nitrogens with one attached hydrogen (secondary N) is 1. The minimum atomic E-state index is -0.335. The molecule has 19 heavy (non-hydrogen) atoms. The number of amides is 1. The van der Waals surface area contributed by atoms with Gasteiger partial charge in [-0.05, 0) is 18.1 Å². The Morgan fingerprint density at radius 2 is 2.26 bits per heavy atom. The Balaban J connectivity index is 2.00. The smallest absolute Gasteiger partial charge is 0.278 e. The summed E-state index contributed by atoms with van der Waals surface area (Å²) in [6.07, 6.45) is 3.19. The highest BCUT2D eigenvalue weighted by Gasteiger charge is 2.28. The lowest BCUT2D eigenvalue weighted by molar-refractivity contribution is 0.0984. The first-order valence-corrected chi connectivity index (χ1v) is 5.91. The predicted octanol–water partition coefficient (Wildman–Crippen LogP) is 0.555. The van der Waals surface area contributed by atoms with Crippen molar-refractivity contribution in [2.75, 3.05) is 17.2 Å². The quantitative estimate of drug-likeness (QED) is 0.729. The van der Waals surface area contributed by atoms with Gasteiger partial charge in [0.25, 0.3) is 11.5 Å². The van der Waals surface area contributed by atoms with Crippen LogP contribution in [0.5, 0.6) is 0 Å². The molecule has 0 fully saturated rings. The summed E-state index contributed by atoms with van der Waals surface area (Å²) < 4.78 is 0. The van der Waals surface area contributed by atoms with Gasteiger partial charge in [0.1, 0.15) is 5.69 Å². The van der Waals surface area contributed by atoms with E-state index in [1.165, 1.54) is 6.20 Å². The zero-order valence-electron chi connectivity index (χ0n) is 10.1. The fourth-order valence-corrected chi connectivity index (χ4v) is 2.29. The fourth-order valence-electron chi connectivity index (χ4n) is 2.29. The van der Waals surface area contributed by atoms with Crippen molar-refractivity contribution in [2.45, 2.75) is 6.42 Å². The lowest BCUT2D eigenvalue weighted by atomic mass is 10.1. The molecular formula is C13H12N4O2. The van der Waals surface area contributed by atoms with Crippen molar-refractivity contribution in [1.82, 2.24) is 9.97 Å². The molecule has 3 N–H and O–H groups in total. The summed E-state index contributed by atoms with van der Waals surface area (Å²) in [6, 6.07) is 5.60. The third-order valence-electron chi connectivity index (χ3n) is 3.16. The Labute approximate surface area is 108 Å². The van der Waals surface area contributed by atoms with Crippen LogP contribution in [0, 0.1) is 0 Å². The summed E-state index contributed by atoms with van der Waals surface area (Å²) in [4.78, 5) is 31.2. The van der Waals surface area contributed by atoms with Crippen molar-refractivity contribution < 1.29 is 4.79 Å². The van der Waals surface area contributed by atoms with E-state index in [1.807, 2.05) is 12.1 Å². The molecule has 1 aromatic carbocycles. The molecule has 0 saturated heterocycles. The molecule has 1 amide bonds.